The van der Waals surface area contributed by atoms with Crippen molar-refractivity contribution < 1.29 is 18.3 Å². The maximum absolute atomic E-state index is 14.5. The largest absolute Gasteiger partial charge is 0.488 e. The molecule has 0 radical (unpaired) electrons. The zero-order valence-corrected chi connectivity index (χ0v) is 15.0. The lowest BCUT2D eigenvalue weighted by Gasteiger charge is -2.34. The molecule has 1 aromatic carbocycles. The van der Waals surface area contributed by atoms with Crippen LogP contribution in [0.4, 0.5) is 14.6 Å². The van der Waals surface area contributed by atoms with Crippen LogP contribution in [0, 0.1) is 11.6 Å². The number of halogens is 3. The predicted molar refractivity (Wildman–Crippen MR) is 96.6 cm³/mol. The van der Waals surface area contributed by atoms with Crippen molar-refractivity contribution in [3.63, 3.8) is 0 Å². The molecule has 6 nitrogen and oxygen atoms in total. The average molecular weight is 393 g/mol. The third-order valence-electron chi connectivity index (χ3n) is 4.63. The first-order valence-corrected chi connectivity index (χ1v) is 8.60. The van der Waals surface area contributed by atoms with E-state index in [-0.39, 0.29) is 29.3 Å². The number of hydrogen-bond donors (Lipinski definition) is 1. The molecule has 2 aromatic heterocycles. The number of ether oxygens (including phenoxy) is 2. The van der Waals surface area contributed by atoms with Crippen LogP contribution in [0.25, 0.3) is 22.2 Å². The van der Waals surface area contributed by atoms with Gasteiger partial charge < -0.3 is 15.2 Å². The molecule has 2 heterocycles. The van der Waals surface area contributed by atoms with Crippen molar-refractivity contribution in [2.75, 3.05) is 12.8 Å². The molecule has 0 saturated heterocycles. The van der Waals surface area contributed by atoms with Crippen molar-refractivity contribution in [1.82, 2.24) is 15.0 Å². The van der Waals surface area contributed by atoms with Crippen LogP contribution in [0.1, 0.15) is 12.8 Å². The second-order valence-electron chi connectivity index (χ2n) is 6.25. The van der Waals surface area contributed by atoms with E-state index >= 15 is 0 Å². The average Bonchev–Trinajstić information content (AvgIpc) is 2.63. The van der Waals surface area contributed by atoms with E-state index in [9.17, 15) is 8.78 Å². The third-order valence-corrected chi connectivity index (χ3v) is 4.97. The molecule has 1 aliphatic carbocycles. The number of nitrogens with two attached hydrogens (primary N) is 1. The molecule has 3 aromatic rings. The molecule has 0 unspecified atom stereocenters. The van der Waals surface area contributed by atoms with Crippen LogP contribution in [0.15, 0.2) is 24.7 Å². The Labute approximate surface area is 158 Å². The smallest absolute Gasteiger partial charge is 0.154 e. The van der Waals surface area contributed by atoms with Crippen molar-refractivity contribution in [3.8, 4) is 17.0 Å². The molecule has 1 saturated carbocycles. The van der Waals surface area contributed by atoms with E-state index in [1.165, 1.54) is 18.6 Å². The molecule has 2 N–H and O–H groups in total. The summed E-state index contributed by atoms with van der Waals surface area (Å²) in [6.07, 6.45) is 4.30. The first-order chi connectivity index (χ1) is 13.0. The monoisotopic (exact) mass is 392 g/mol. The van der Waals surface area contributed by atoms with Crippen molar-refractivity contribution in [3.05, 3.63) is 41.3 Å². The number of benzene rings is 1. The van der Waals surface area contributed by atoms with Gasteiger partial charge in [-0.3, -0.25) is 0 Å². The Morgan fingerprint density at radius 1 is 1.15 bits per heavy atom. The Morgan fingerprint density at radius 3 is 2.67 bits per heavy atom. The van der Waals surface area contributed by atoms with Gasteiger partial charge in [-0.2, -0.15) is 0 Å². The Kier molecular flexibility index (Phi) is 4.53. The fraction of sp³-hybridized carbons (Fsp3) is 0.278. The SMILES string of the molecule is COC1CC(Oc2cnc(-c3ccc(F)c(Cl)c3F)c3ncnc(N)c23)C1. The van der Waals surface area contributed by atoms with Gasteiger partial charge in [0.2, 0.25) is 0 Å². The molecule has 9 heteroatoms. The lowest BCUT2D eigenvalue weighted by atomic mass is 9.92. The Balaban J connectivity index is 1.82. The van der Waals surface area contributed by atoms with Crippen LogP contribution in [-0.4, -0.2) is 34.3 Å². The molecular formula is C18H15ClF2N4O2. The Morgan fingerprint density at radius 2 is 1.93 bits per heavy atom. The van der Waals surface area contributed by atoms with E-state index in [2.05, 4.69) is 15.0 Å². The van der Waals surface area contributed by atoms with Gasteiger partial charge in [-0.15, -0.1) is 0 Å². The number of nitrogens with zero attached hydrogens (tertiary/aromatic N) is 3. The van der Waals surface area contributed by atoms with Gasteiger partial charge in [0.05, 0.1) is 23.4 Å². The van der Waals surface area contributed by atoms with Gasteiger partial charge in [-0.05, 0) is 12.1 Å². The van der Waals surface area contributed by atoms with E-state index < -0.39 is 16.7 Å². The lowest BCUT2D eigenvalue weighted by Crippen LogP contribution is -2.38. The quantitative estimate of drug-likeness (QED) is 0.680. The van der Waals surface area contributed by atoms with Crippen molar-refractivity contribution >= 4 is 28.3 Å². The molecule has 140 valence electrons. The normalized spacial score (nSPS) is 19.1. The highest BCUT2D eigenvalue weighted by atomic mass is 35.5. The van der Waals surface area contributed by atoms with Gasteiger partial charge in [-0.25, -0.2) is 23.7 Å². The molecule has 27 heavy (non-hydrogen) atoms. The van der Waals surface area contributed by atoms with Gasteiger partial charge in [0.25, 0.3) is 0 Å². The van der Waals surface area contributed by atoms with Gasteiger partial charge in [0.15, 0.2) is 11.6 Å². The third kappa shape index (κ3) is 3.04. The van der Waals surface area contributed by atoms with Crippen LogP contribution in [-0.2, 0) is 4.74 Å². The van der Waals surface area contributed by atoms with Gasteiger partial charge in [0.1, 0.15) is 34.6 Å². The minimum Gasteiger partial charge on any atom is -0.488 e. The summed E-state index contributed by atoms with van der Waals surface area (Å²) >= 11 is 5.70. The fourth-order valence-electron chi connectivity index (χ4n) is 3.05. The number of anilines is 1. The summed E-state index contributed by atoms with van der Waals surface area (Å²) in [6.45, 7) is 0. The summed E-state index contributed by atoms with van der Waals surface area (Å²) in [5, 5.41) is -0.187. The van der Waals surface area contributed by atoms with Gasteiger partial charge in [0, 0.05) is 25.5 Å². The summed E-state index contributed by atoms with van der Waals surface area (Å²) in [4.78, 5) is 12.5. The molecule has 0 atom stereocenters. The number of fused-ring (bicyclic) bond motifs is 1. The zero-order chi connectivity index (χ0) is 19.1. The second-order valence-corrected chi connectivity index (χ2v) is 6.62. The fourth-order valence-corrected chi connectivity index (χ4v) is 3.22. The second kappa shape index (κ2) is 6.86. The number of pyridine rings is 1. The zero-order valence-electron chi connectivity index (χ0n) is 14.2. The van der Waals surface area contributed by atoms with Crippen LogP contribution >= 0.6 is 11.6 Å². The highest BCUT2D eigenvalue weighted by Crippen LogP contribution is 2.38. The number of nitrogen functional groups attached to an aromatic ring is 1. The van der Waals surface area contributed by atoms with Gasteiger partial charge >= 0.3 is 0 Å². The minimum absolute atomic E-state index is 0.0131. The van der Waals surface area contributed by atoms with Gasteiger partial charge in [-0.1, -0.05) is 11.6 Å². The molecular weight excluding hydrogens is 378 g/mol. The molecule has 1 fully saturated rings. The van der Waals surface area contributed by atoms with Crippen molar-refractivity contribution in [1.29, 1.82) is 0 Å². The van der Waals surface area contributed by atoms with E-state index in [0.29, 0.717) is 16.7 Å². The van der Waals surface area contributed by atoms with E-state index in [0.717, 1.165) is 18.9 Å². The van der Waals surface area contributed by atoms with Crippen LogP contribution in [0.3, 0.4) is 0 Å². The number of hydrogen-bond acceptors (Lipinski definition) is 6. The predicted octanol–water partition coefficient (Wildman–Crippen LogP) is 3.76. The van der Waals surface area contributed by atoms with Crippen molar-refractivity contribution in [2.45, 2.75) is 25.0 Å². The standard InChI is InChI=1S/C18H15ClF2N4O2/c1-26-8-4-9(5-8)27-12-6-23-16(17-13(12)18(22)25-7-24-17)10-2-3-11(20)14(19)15(10)21/h2-3,6-9H,4-5H2,1H3,(H2,22,24,25). The molecule has 4 rings (SSSR count). The summed E-state index contributed by atoms with van der Waals surface area (Å²) in [7, 11) is 1.65. The van der Waals surface area contributed by atoms with E-state index in [1.807, 2.05) is 0 Å². The van der Waals surface area contributed by atoms with Crippen molar-refractivity contribution in [2.24, 2.45) is 0 Å². The molecule has 0 spiro atoms. The van der Waals surface area contributed by atoms with Crippen LogP contribution in [0.2, 0.25) is 5.02 Å². The number of rotatable bonds is 4. The summed E-state index contributed by atoms with van der Waals surface area (Å²) in [5.74, 6) is -1.19. The minimum atomic E-state index is -0.918. The molecule has 0 amide bonds. The molecule has 1 aliphatic rings. The first kappa shape index (κ1) is 17.8. The summed E-state index contributed by atoms with van der Waals surface area (Å²) < 4.78 is 39.2. The molecule has 0 aliphatic heterocycles. The first-order valence-electron chi connectivity index (χ1n) is 8.22. The van der Waals surface area contributed by atoms with E-state index in [4.69, 9.17) is 26.8 Å². The number of methoxy groups -OCH3 is 1. The van der Waals surface area contributed by atoms with Crippen LogP contribution in [0.5, 0.6) is 5.75 Å². The Bertz CT molecular complexity index is 1030. The maximum Gasteiger partial charge on any atom is 0.154 e. The summed E-state index contributed by atoms with van der Waals surface area (Å²) in [5.41, 5.74) is 6.51. The number of aromatic nitrogens is 3. The highest BCUT2D eigenvalue weighted by molar-refractivity contribution is 6.31. The van der Waals surface area contributed by atoms with Crippen LogP contribution < -0.4 is 10.5 Å². The topological polar surface area (TPSA) is 83.2 Å². The molecule has 0 bridgehead atoms. The summed E-state index contributed by atoms with van der Waals surface area (Å²) in [6, 6.07) is 2.33. The maximum atomic E-state index is 14.5. The highest BCUT2D eigenvalue weighted by Gasteiger charge is 2.32. The van der Waals surface area contributed by atoms with E-state index in [1.54, 1.807) is 7.11 Å². The lowest BCUT2D eigenvalue weighted by molar-refractivity contribution is -0.0376. The Hall–Kier alpha value is -2.58.